The Hall–Kier alpha value is -2.27. The number of hydrogen-bond donors (Lipinski definition) is 1. The summed E-state index contributed by atoms with van der Waals surface area (Å²) in [6.07, 6.45) is -13.6. The van der Waals surface area contributed by atoms with Gasteiger partial charge >= 0.3 is 41.9 Å². The molecule has 0 unspecified atom stereocenters. The number of alkyl halides is 14. The first-order valence-electron chi connectivity index (χ1n) is 7.28. The molecule has 1 aromatic carbocycles. The molecule has 182 valence electrons. The first kappa shape index (κ1) is 27.8. The van der Waals surface area contributed by atoms with E-state index in [9.17, 15) is 71.1 Å². The molecule has 0 aliphatic carbocycles. The van der Waals surface area contributed by atoms with Gasteiger partial charge in [-0.15, -0.1) is 0 Å². The van der Waals surface area contributed by atoms with Crippen molar-refractivity contribution >= 4 is 28.5 Å². The number of rotatable bonds is 6. The van der Waals surface area contributed by atoms with Crippen LogP contribution in [0.5, 0.6) is 0 Å². The summed E-state index contributed by atoms with van der Waals surface area (Å²) in [5.74, 6) is -29.2. The van der Waals surface area contributed by atoms with E-state index in [1.165, 1.54) is 0 Å². The van der Waals surface area contributed by atoms with Crippen LogP contribution in [0.25, 0.3) is 0 Å². The van der Waals surface area contributed by atoms with Crippen molar-refractivity contribution in [3.05, 3.63) is 24.3 Å². The van der Waals surface area contributed by atoms with Crippen molar-refractivity contribution in [3.63, 3.8) is 0 Å². The van der Waals surface area contributed by atoms with Gasteiger partial charge < -0.3 is 5.32 Å². The highest BCUT2D eigenvalue weighted by atomic mass is 32.2. The summed E-state index contributed by atoms with van der Waals surface area (Å²) in [5, 5.41) is -2.06. The third kappa shape index (κ3) is 4.88. The Balaban J connectivity index is 2.99. The molecule has 18 heteroatoms. The quantitative estimate of drug-likeness (QED) is 0.377. The second-order valence-corrected chi connectivity index (χ2v) is 6.71. The van der Waals surface area contributed by atoms with Crippen molar-refractivity contribution < 1.29 is 71.1 Å². The van der Waals surface area contributed by atoms with Gasteiger partial charge in [-0.2, -0.15) is 61.5 Å². The fourth-order valence-electron chi connectivity index (χ4n) is 1.61. The average molecular weight is 517 g/mol. The standard InChI is InChI=1S/C14H5F14NO2S/c15-9(16,11(19,20)13(23,24)25)7(30)29-5-1-3-6(4-2-5)32-8(31)10(17,18)12(21,22)14(26,27)28/h1-4H,(H,29,30). The number of amides is 1. The van der Waals surface area contributed by atoms with E-state index < -0.39 is 69.4 Å². The van der Waals surface area contributed by atoms with Gasteiger partial charge in [-0.3, -0.25) is 9.59 Å². The van der Waals surface area contributed by atoms with E-state index >= 15 is 0 Å². The smallest absolute Gasteiger partial charge is 0.321 e. The molecule has 0 atom stereocenters. The van der Waals surface area contributed by atoms with E-state index in [2.05, 4.69) is 0 Å². The first-order chi connectivity index (χ1) is 14.0. The van der Waals surface area contributed by atoms with Gasteiger partial charge in [-0.1, -0.05) is 0 Å². The molecule has 0 heterocycles. The fraction of sp³-hybridized carbons (Fsp3) is 0.429. The third-order valence-electron chi connectivity index (χ3n) is 3.36. The number of carbonyl (C=O) groups is 2. The molecule has 1 aromatic rings. The Labute approximate surface area is 171 Å². The minimum absolute atomic E-state index is 0.370. The molecular weight excluding hydrogens is 512 g/mol. The van der Waals surface area contributed by atoms with E-state index in [-0.39, 0.29) is 0 Å². The fourth-order valence-corrected chi connectivity index (χ4v) is 2.36. The highest BCUT2D eigenvalue weighted by Gasteiger charge is 2.77. The van der Waals surface area contributed by atoms with Gasteiger partial charge in [0.25, 0.3) is 5.12 Å². The SMILES string of the molecule is O=C(Nc1ccc(SC(=O)C(F)(F)C(F)(F)C(F)(F)F)cc1)C(F)(F)C(F)(F)C(F)(F)F. The largest absolute Gasteiger partial charge is 0.460 e. The lowest BCUT2D eigenvalue weighted by Gasteiger charge is -2.27. The minimum atomic E-state index is -6.82. The Bertz CT molecular complexity index is 789. The molecule has 0 aromatic heterocycles. The van der Waals surface area contributed by atoms with Crippen molar-refractivity contribution in [3.8, 4) is 0 Å². The molecule has 0 saturated carbocycles. The topological polar surface area (TPSA) is 46.2 Å². The predicted molar refractivity (Wildman–Crippen MR) is 77.8 cm³/mol. The van der Waals surface area contributed by atoms with Crippen LogP contribution < -0.4 is 5.32 Å². The van der Waals surface area contributed by atoms with Crippen molar-refractivity contribution in [1.29, 1.82) is 0 Å². The summed E-state index contributed by atoms with van der Waals surface area (Å²) < 4.78 is 176. The molecule has 0 radical (unpaired) electrons. The normalized spacial score (nSPS) is 14.3. The first-order valence-corrected chi connectivity index (χ1v) is 8.10. The highest BCUT2D eigenvalue weighted by molar-refractivity contribution is 8.13. The summed E-state index contributed by atoms with van der Waals surface area (Å²) in [4.78, 5) is 21.5. The van der Waals surface area contributed by atoms with Crippen LogP contribution >= 0.6 is 11.8 Å². The molecule has 32 heavy (non-hydrogen) atoms. The van der Waals surface area contributed by atoms with Gasteiger partial charge in [0.05, 0.1) is 0 Å². The van der Waals surface area contributed by atoms with E-state index in [4.69, 9.17) is 0 Å². The second kappa shape index (κ2) is 8.26. The van der Waals surface area contributed by atoms with Gasteiger partial charge in [0.15, 0.2) is 0 Å². The Morgan fingerprint density at radius 1 is 0.625 bits per heavy atom. The van der Waals surface area contributed by atoms with Gasteiger partial charge in [0, 0.05) is 10.6 Å². The third-order valence-corrected chi connectivity index (χ3v) is 4.31. The Kier molecular flexibility index (Phi) is 7.16. The van der Waals surface area contributed by atoms with E-state index in [0.717, 1.165) is 5.32 Å². The maximum absolute atomic E-state index is 13.2. The van der Waals surface area contributed by atoms with E-state index in [1.54, 1.807) is 0 Å². The van der Waals surface area contributed by atoms with Crippen molar-refractivity contribution in [2.24, 2.45) is 0 Å². The number of anilines is 1. The highest BCUT2D eigenvalue weighted by Crippen LogP contribution is 2.49. The lowest BCUT2D eigenvalue weighted by molar-refractivity contribution is -0.343. The molecule has 1 rings (SSSR count). The van der Waals surface area contributed by atoms with Gasteiger partial charge in [-0.25, -0.2) is 0 Å². The average Bonchev–Trinajstić information content (AvgIpc) is 2.60. The summed E-state index contributed by atoms with van der Waals surface area (Å²) >= 11 is -0.864. The molecule has 1 amide bonds. The Morgan fingerprint density at radius 2 is 1.00 bits per heavy atom. The number of benzene rings is 1. The van der Waals surface area contributed by atoms with Crippen LogP contribution in [-0.2, 0) is 9.59 Å². The maximum atomic E-state index is 13.2. The molecule has 0 spiro atoms. The molecule has 1 N–H and O–H groups in total. The zero-order chi connectivity index (χ0) is 25.6. The Morgan fingerprint density at radius 3 is 1.38 bits per heavy atom. The van der Waals surface area contributed by atoms with Crippen molar-refractivity contribution in [2.75, 3.05) is 5.32 Å². The summed E-state index contributed by atoms with van der Waals surface area (Å²) in [6.45, 7) is 0. The molecule has 0 fully saturated rings. The number of thioether (sulfide) groups is 1. The monoisotopic (exact) mass is 517 g/mol. The minimum Gasteiger partial charge on any atom is -0.321 e. The maximum Gasteiger partial charge on any atom is 0.460 e. The molecule has 0 bridgehead atoms. The van der Waals surface area contributed by atoms with Crippen LogP contribution in [0, 0.1) is 0 Å². The van der Waals surface area contributed by atoms with Crippen LogP contribution in [0.4, 0.5) is 67.2 Å². The van der Waals surface area contributed by atoms with Gasteiger partial charge in [0.1, 0.15) is 0 Å². The van der Waals surface area contributed by atoms with Gasteiger partial charge in [-0.05, 0) is 36.0 Å². The molecule has 3 nitrogen and oxygen atoms in total. The van der Waals surface area contributed by atoms with E-state index in [0.29, 0.717) is 24.3 Å². The number of carbonyl (C=O) groups excluding carboxylic acids is 2. The number of nitrogens with one attached hydrogen (secondary N) is 1. The molecular formula is C14H5F14NO2S. The summed E-state index contributed by atoms with van der Waals surface area (Å²) in [7, 11) is 0. The zero-order valence-corrected chi connectivity index (χ0v) is 15.1. The zero-order valence-electron chi connectivity index (χ0n) is 14.3. The van der Waals surface area contributed by atoms with Crippen LogP contribution in [-0.4, -0.2) is 47.1 Å². The molecule has 0 saturated heterocycles. The molecule has 0 aliphatic rings. The van der Waals surface area contributed by atoms with Crippen LogP contribution in [0.2, 0.25) is 0 Å². The lowest BCUT2D eigenvalue weighted by Crippen LogP contribution is -2.57. The summed E-state index contributed by atoms with van der Waals surface area (Å²) in [5.41, 5.74) is -0.947. The van der Waals surface area contributed by atoms with E-state index in [1.807, 2.05) is 0 Å². The second-order valence-electron chi connectivity index (χ2n) is 5.66. The predicted octanol–water partition coefficient (Wildman–Crippen LogP) is 5.91. The number of halogens is 14. The lowest BCUT2D eigenvalue weighted by atomic mass is 10.1. The molecule has 0 aliphatic heterocycles. The number of hydrogen-bond acceptors (Lipinski definition) is 3. The van der Waals surface area contributed by atoms with Crippen LogP contribution in [0.15, 0.2) is 29.2 Å². The van der Waals surface area contributed by atoms with Crippen LogP contribution in [0.1, 0.15) is 0 Å². The van der Waals surface area contributed by atoms with Crippen molar-refractivity contribution in [2.45, 2.75) is 40.9 Å². The van der Waals surface area contributed by atoms with Crippen LogP contribution in [0.3, 0.4) is 0 Å². The van der Waals surface area contributed by atoms with Crippen molar-refractivity contribution in [1.82, 2.24) is 0 Å². The van der Waals surface area contributed by atoms with Gasteiger partial charge in [0.2, 0.25) is 0 Å². The summed E-state index contributed by atoms with van der Waals surface area (Å²) in [6, 6.07) is 1.55.